The number of nitrogens with two attached hydrogens (primary N) is 1. The van der Waals surface area contributed by atoms with Gasteiger partial charge in [0.1, 0.15) is 0 Å². The molecule has 0 radical (unpaired) electrons. The van der Waals surface area contributed by atoms with E-state index in [1.54, 1.807) is 0 Å². The Kier molecular flexibility index (Phi) is 3.76. The maximum Gasteiger partial charge on any atom is 0.227 e. The molecule has 3 heteroatoms. The molecule has 0 spiro atoms. The summed E-state index contributed by atoms with van der Waals surface area (Å²) >= 11 is 0. The fourth-order valence-corrected chi connectivity index (χ4v) is 3.17. The summed E-state index contributed by atoms with van der Waals surface area (Å²) in [5.74, 6) is 0.226. The second-order valence-electron chi connectivity index (χ2n) is 6.27. The highest BCUT2D eigenvalue weighted by atomic mass is 16.2. The predicted octanol–water partition coefficient (Wildman–Crippen LogP) is 2.34. The van der Waals surface area contributed by atoms with Crippen LogP contribution >= 0.6 is 0 Å². The Morgan fingerprint density at radius 3 is 2.06 bits per heavy atom. The molecular weight excluding hydrogens is 212 g/mol. The lowest BCUT2D eigenvalue weighted by Crippen LogP contribution is -2.57. The van der Waals surface area contributed by atoms with E-state index in [4.69, 9.17) is 5.73 Å². The van der Waals surface area contributed by atoms with E-state index in [1.165, 1.54) is 19.3 Å². The quantitative estimate of drug-likeness (QED) is 0.742. The van der Waals surface area contributed by atoms with Crippen LogP contribution in [0.5, 0.6) is 0 Å². The maximum atomic E-state index is 12.5. The van der Waals surface area contributed by atoms with Gasteiger partial charge in [-0.2, -0.15) is 0 Å². The molecule has 0 atom stereocenters. The third-order valence-corrected chi connectivity index (χ3v) is 4.81. The van der Waals surface area contributed by atoms with Crippen LogP contribution in [-0.4, -0.2) is 18.0 Å². The number of carbonyl (C=O) groups is 1. The van der Waals surface area contributed by atoms with Crippen LogP contribution in [0.4, 0.5) is 0 Å². The van der Waals surface area contributed by atoms with Gasteiger partial charge in [0, 0.05) is 12.1 Å². The summed E-state index contributed by atoms with van der Waals surface area (Å²) < 4.78 is 0. The van der Waals surface area contributed by atoms with E-state index in [2.05, 4.69) is 12.2 Å². The summed E-state index contributed by atoms with van der Waals surface area (Å²) in [6.07, 6.45) is 10.3. The average molecular weight is 238 g/mol. The monoisotopic (exact) mass is 238 g/mol. The SMILES string of the molecule is CC1(NC(=O)C2(CN)CCCCCC2)CCC1. The molecule has 2 fully saturated rings. The van der Waals surface area contributed by atoms with Crippen LogP contribution in [0, 0.1) is 5.41 Å². The number of amides is 1. The summed E-state index contributed by atoms with van der Waals surface area (Å²) in [6.45, 7) is 2.67. The van der Waals surface area contributed by atoms with Gasteiger partial charge in [-0.15, -0.1) is 0 Å². The van der Waals surface area contributed by atoms with Gasteiger partial charge in [0.2, 0.25) is 5.91 Å². The molecule has 0 bridgehead atoms. The van der Waals surface area contributed by atoms with Crippen molar-refractivity contribution in [2.45, 2.75) is 70.3 Å². The van der Waals surface area contributed by atoms with E-state index in [0.717, 1.165) is 38.5 Å². The van der Waals surface area contributed by atoms with Crippen molar-refractivity contribution in [3.63, 3.8) is 0 Å². The van der Waals surface area contributed by atoms with Crippen molar-refractivity contribution < 1.29 is 4.79 Å². The maximum absolute atomic E-state index is 12.5. The summed E-state index contributed by atoms with van der Waals surface area (Å²) in [6, 6.07) is 0. The van der Waals surface area contributed by atoms with E-state index in [1.807, 2.05) is 0 Å². The van der Waals surface area contributed by atoms with Crippen molar-refractivity contribution >= 4 is 5.91 Å². The minimum Gasteiger partial charge on any atom is -0.350 e. The third-order valence-electron chi connectivity index (χ3n) is 4.81. The smallest absolute Gasteiger partial charge is 0.227 e. The Labute approximate surface area is 105 Å². The Bertz CT molecular complexity index is 276. The molecule has 17 heavy (non-hydrogen) atoms. The fraction of sp³-hybridized carbons (Fsp3) is 0.929. The molecule has 0 saturated heterocycles. The molecule has 2 saturated carbocycles. The molecule has 0 unspecified atom stereocenters. The molecule has 0 aromatic heterocycles. The normalized spacial score (nSPS) is 26.7. The number of rotatable bonds is 3. The average Bonchev–Trinajstić information content (AvgIpc) is 2.53. The fourth-order valence-electron chi connectivity index (χ4n) is 3.17. The van der Waals surface area contributed by atoms with E-state index in [9.17, 15) is 4.79 Å². The minimum absolute atomic E-state index is 0.0611. The number of hydrogen-bond donors (Lipinski definition) is 2. The third kappa shape index (κ3) is 2.65. The molecule has 3 nitrogen and oxygen atoms in total. The molecular formula is C14H26N2O. The lowest BCUT2D eigenvalue weighted by atomic mass is 9.75. The van der Waals surface area contributed by atoms with Crippen molar-refractivity contribution in [2.24, 2.45) is 11.1 Å². The molecule has 0 aromatic carbocycles. The second-order valence-corrected chi connectivity index (χ2v) is 6.27. The largest absolute Gasteiger partial charge is 0.350 e. The van der Waals surface area contributed by atoms with Gasteiger partial charge >= 0.3 is 0 Å². The Balaban J connectivity index is 2.02. The zero-order chi connectivity index (χ0) is 12.4. The van der Waals surface area contributed by atoms with Gasteiger partial charge in [0.05, 0.1) is 5.41 Å². The summed E-state index contributed by atoms with van der Waals surface area (Å²) in [5, 5.41) is 3.26. The van der Waals surface area contributed by atoms with Crippen molar-refractivity contribution in [1.82, 2.24) is 5.32 Å². The molecule has 98 valence electrons. The van der Waals surface area contributed by atoms with Crippen molar-refractivity contribution in [3.8, 4) is 0 Å². The molecule has 0 aliphatic heterocycles. The molecule has 1 amide bonds. The number of nitrogens with one attached hydrogen (secondary N) is 1. The van der Waals surface area contributed by atoms with Crippen LogP contribution in [0.3, 0.4) is 0 Å². The van der Waals surface area contributed by atoms with Crippen molar-refractivity contribution in [2.75, 3.05) is 6.54 Å². The first-order chi connectivity index (χ1) is 8.10. The van der Waals surface area contributed by atoms with E-state index in [-0.39, 0.29) is 16.9 Å². The Hall–Kier alpha value is -0.570. The summed E-state index contributed by atoms with van der Waals surface area (Å²) in [5.41, 5.74) is 5.72. The molecule has 2 aliphatic rings. The molecule has 0 aromatic rings. The lowest BCUT2D eigenvalue weighted by molar-refractivity contribution is -0.134. The van der Waals surface area contributed by atoms with E-state index in [0.29, 0.717) is 6.54 Å². The first-order valence-electron chi connectivity index (χ1n) is 7.13. The first kappa shape index (κ1) is 12.9. The van der Waals surface area contributed by atoms with Gasteiger partial charge in [-0.1, -0.05) is 25.7 Å². The number of hydrogen-bond acceptors (Lipinski definition) is 2. The van der Waals surface area contributed by atoms with Gasteiger partial charge in [-0.3, -0.25) is 4.79 Å². The molecule has 0 heterocycles. The molecule has 2 aliphatic carbocycles. The van der Waals surface area contributed by atoms with E-state index < -0.39 is 0 Å². The van der Waals surface area contributed by atoms with Crippen LogP contribution in [0.15, 0.2) is 0 Å². The zero-order valence-electron chi connectivity index (χ0n) is 11.1. The van der Waals surface area contributed by atoms with E-state index >= 15 is 0 Å². The highest BCUT2D eigenvalue weighted by Gasteiger charge is 2.42. The zero-order valence-corrected chi connectivity index (χ0v) is 11.1. The van der Waals surface area contributed by atoms with Crippen molar-refractivity contribution in [3.05, 3.63) is 0 Å². The van der Waals surface area contributed by atoms with Gasteiger partial charge < -0.3 is 11.1 Å². The summed E-state index contributed by atoms with van der Waals surface area (Å²) in [7, 11) is 0. The summed E-state index contributed by atoms with van der Waals surface area (Å²) in [4.78, 5) is 12.5. The van der Waals surface area contributed by atoms with Crippen LogP contribution < -0.4 is 11.1 Å². The van der Waals surface area contributed by atoms with Crippen LogP contribution in [0.1, 0.15) is 64.7 Å². The van der Waals surface area contributed by atoms with Gasteiger partial charge in [-0.25, -0.2) is 0 Å². The van der Waals surface area contributed by atoms with Crippen LogP contribution in [-0.2, 0) is 4.79 Å². The highest BCUT2D eigenvalue weighted by Crippen LogP contribution is 2.37. The minimum atomic E-state index is -0.269. The van der Waals surface area contributed by atoms with Gasteiger partial charge in [-0.05, 0) is 39.0 Å². The standard InChI is InChI=1S/C14H26N2O/c1-13(7-6-8-13)16-12(17)14(11-15)9-4-2-3-5-10-14/h2-11,15H2,1H3,(H,16,17). The van der Waals surface area contributed by atoms with Crippen LogP contribution in [0.25, 0.3) is 0 Å². The van der Waals surface area contributed by atoms with Gasteiger partial charge in [0.25, 0.3) is 0 Å². The predicted molar refractivity (Wildman–Crippen MR) is 69.6 cm³/mol. The lowest BCUT2D eigenvalue weighted by Gasteiger charge is -2.42. The Morgan fingerprint density at radius 1 is 1.06 bits per heavy atom. The first-order valence-corrected chi connectivity index (χ1v) is 7.13. The molecule has 3 N–H and O–H groups in total. The number of carbonyl (C=O) groups excluding carboxylic acids is 1. The topological polar surface area (TPSA) is 55.1 Å². The Morgan fingerprint density at radius 2 is 1.65 bits per heavy atom. The molecule has 2 rings (SSSR count). The second kappa shape index (κ2) is 4.97. The van der Waals surface area contributed by atoms with Gasteiger partial charge in [0.15, 0.2) is 0 Å². The highest BCUT2D eigenvalue weighted by molar-refractivity contribution is 5.83. The van der Waals surface area contributed by atoms with Crippen molar-refractivity contribution in [1.29, 1.82) is 0 Å². The van der Waals surface area contributed by atoms with Crippen LogP contribution in [0.2, 0.25) is 0 Å².